The normalized spacial score (nSPS) is 13.0. The number of hydrogen-bond donors (Lipinski definition) is 1. The molecule has 0 amide bonds. The molecule has 2 rings (SSSR count). The predicted octanol–water partition coefficient (Wildman–Crippen LogP) is 6.65. The maximum Gasteiger partial charge on any atom is 0.123 e. The summed E-state index contributed by atoms with van der Waals surface area (Å²) in [5.41, 5.74) is 2.39. The summed E-state index contributed by atoms with van der Waals surface area (Å²) in [7, 11) is 0. The number of ether oxygens (including phenoxy) is 2. The molecule has 3 heteroatoms. The van der Waals surface area contributed by atoms with Gasteiger partial charge in [-0.15, -0.1) is 0 Å². The highest BCUT2D eigenvalue weighted by Crippen LogP contribution is 2.29. The van der Waals surface area contributed by atoms with Crippen molar-refractivity contribution in [2.75, 3.05) is 18.5 Å². The first-order valence-corrected chi connectivity index (χ1v) is 10.4. The van der Waals surface area contributed by atoms with Crippen molar-refractivity contribution in [1.29, 1.82) is 0 Å². The van der Waals surface area contributed by atoms with Crippen LogP contribution in [0.3, 0.4) is 0 Å². The summed E-state index contributed by atoms with van der Waals surface area (Å²) in [6.07, 6.45) is 4.45. The van der Waals surface area contributed by atoms with Gasteiger partial charge in [0.25, 0.3) is 0 Å². The van der Waals surface area contributed by atoms with Crippen molar-refractivity contribution in [2.45, 2.75) is 65.4 Å². The van der Waals surface area contributed by atoms with E-state index < -0.39 is 0 Å². The minimum atomic E-state index is 0.135. The van der Waals surface area contributed by atoms with Crippen LogP contribution in [-0.4, -0.2) is 19.3 Å². The van der Waals surface area contributed by atoms with Gasteiger partial charge in [-0.05, 0) is 61.1 Å². The second-order valence-electron chi connectivity index (χ2n) is 7.10. The molecular formula is C24H35NO2. The van der Waals surface area contributed by atoms with Gasteiger partial charge in [0.05, 0.1) is 13.2 Å². The van der Waals surface area contributed by atoms with Crippen molar-refractivity contribution in [2.24, 2.45) is 0 Å². The fraction of sp³-hybridized carbons (Fsp3) is 0.500. The molecule has 0 aromatic heterocycles. The van der Waals surface area contributed by atoms with Crippen LogP contribution in [0.25, 0.3) is 0 Å². The molecule has 2 atom stereocenters. The van der Waals surface area contributed by atoms with Crippen molar-refractivity contribution < 1.29 is 9.47 Å². The van der Waals surface area contributed by atoms with Crippen LogP contribution in [0.5, 0.6) is 11.5 Å². The molecule has 0 aliphatic heterocycles. The first-order chi connectivity index (χ1) is 13.2. The Labute approximate surface area is 165 Å². The lowest BCUT2D eigenvalue weighted by Gasteiger charge is -2.22. The molecule has 0 spiro atoms. The fourth-order valence-electron chi connectivity index (χ4n) is 2.90. The second kappa shape index (κ2) is 11.5. The molecule has 2 aromatic rings. The van der Waals surface area contributed by atoms with Crippen molar-refractivity contribution in [3.05, 3.63) is 54.1 Å². The summed E-state index contributed by atoms with van der Waals surface area (Å²) in [5.74, 6) is 2.45. The van der Waals surface area contributed by atoms with Gasteiger partial charge in [-0.25, -0.2) is 0 Å². The van der Waals surface area contributed by atoms with E-state index in [0.717, 1.165) is 56.0 Å². The minimum absolute atomic E-state index is 0.135. The van der Waals surface area contributed by atoms with Gasteiger partial charge in [0.2, 0.25) is 0 Å². The third kappa shape index (κ3) is 6.82. The number of anilines is 1. The lowest BCUT2D eigenvalue weighted by Crippen LogP contribution is -2.26. The Balaban J connectivity index is 1.90. The molecule has 2 unspecified atom stereocenters. The topological polar surface area (TPSA) is 30.5 Å². The van der Waals surface area contributed by atoms with E-state index in [9.17, 15) is 0 Å². The van der Waals surface area contributed by atoms with Crippen LogP contribution < -0.4 is 14.8 Å². The van der Waals surface area contributed by atoms with Gasteiger partial charge in [0.1, 0.15) is 17.6 Å². The van der Waals surface area contributed by atoms with Crippen LogP contribution in [0.15, 0.2) is 48.5 Å². The molecule has 0 radical (unpaired) electrons. The number of unbranched alkanes of at least 4 members (excludes halogenated alkanes) is 1. The van der Waals surface area contributed by atoms with Gasteiger partial charge in [-0.3, -0.25) is 0 Å². The lowest BCUT2D eigenvalue weighted by molar-refractivity contribution is 0.207. The molecule has 0 saturated carbocycles. The van der Waals surface area contributed by atoms with Gasteiger partial charge < -0.3 is 14.8 Å². The van der Waals surface area contributed by atoms with Crippen LogP contribution in [0.2, 0.25) is 0 Å². The largest absolute Gasteiger partial charge is 0.494 e. The van der Waals surface area contributed by atoms with Gasteiger partial charge in [-0.2, -0.15) is 0 Å². The van der Waals surface area contributed by atoms with Gasteiger partial charge in [-0.1, -0.05) is 52.3 Å². The number of rotatable bonds is 12. The standard InChI is InChI=1S/C24H35NO2/c1-5-8-17-26-22-15-13-20(14-16-22)25-18-21(7-3)27-24-12-10-9-11-23(24)19(4)6-2/h9-16,19,21,25H,5-8,17-18H2,1-4H3. The zero-order chi connectivity index (χ0) is 19.5. The van der Waals surface area contributed by atoms with Crippen LogP contribution in [-0.2, 0) is 0 Å². The van der Waals surface area contributed by atoms with Crippen molar-refractivity contribution in [3.8, 4) is 11.5 Å². The van der Waals surface area contributed by atoms with Crippen LogP contribution >= 0.6 is 0 Å². The zero-order valence-electron chi connectivity index (χ0n) is 17.3. The summed E-state index contributed by atoms with van der Waals surface area (Å²) in [6, 6.07) is 16.6. The van der Waals surface area contributed by atoms with E-state index in [4.69, 9.17) is 9.47 Å². The monoisotopic (exact) mass is 369 g/mol. The third-order valence-electron chi connectivity index (χ3n) is 4.97. The molecule has 2 aromatic carbocycles. The fourth-order valence-corrected chi connectivity index (χ4v) is 2.90. The molecule has 27 heavy (non-hydrogen) atoms. The SMILES string of the molecule is CCCCOc1ccc(NCC(CC)Oc2ccccc2C(C)CC)cc1. The highest BCUT2D eigenvalue weighted by Gasteiger charge is 2.14. The third-order valence-corrected chi connectivity index (χ3v) is 4.97. The maximum atomic E-state index is 6.34. The number of benzene rings is 2. The van der Waals surface area contributed by atoms with E-state index in [1.807, 2.05) is 12.1 Å². The second-order valence-corrected chi connectivity index (χ2v) is 7.10. The average molecular weight is 370 g/mol. The molecule has 0 aliphatic rings. The van der Waals surface area contributed by atoms with Crippen LogP contribution in [0.1, 0.15) is 64.9 Å². The molecule has 148 valence electrons. The van der Waals surface area contributed by atoms with Crippen molar-refractivity contribution in [1.82, 2.24) is 0 Å². The smallest absolute Gasteiger partial charge is 0.123 e. The van der Waals surface area contributed by atoms with Gasteiger partial charge in [0, 0.05) is 5.69 Å². The lowest BCUT2D eigenvalue weighted by atomic mass is 9.98. The Hall–Kier alpha value is -2.16. The van der Waals surface area contributed by atoms with E-state index in [2.05, 4.69) is 69.4 Å². The molecule has 1 N–H and O–H groups in total. The van der Waals surface area contributed by atoms with E-state index in [1.54, 1.807) is 0 Å². The highest BCUT2D eigenvalue weighted by molar-refractivity contribution is 5.46. The van der Waals surface area contributed by atoms with Crippen molar-refractivity contribution in [3.63, 3.8) is 0 Å². The van der Waals surface area contributed by atoms with Crippen LogP contribution in [0.4, 0.5) is 5.69 Å². The van der Waals surface area contributed by atoms with Gasteiger partial charge in [0.15, 0.2) is 0 Å². The first-order valence-electron chi connectivity index (χ1n) is 10.4. The van der Waals surface area contributed by atoms with E-state index in [1.165, 1.54) is 5.56 Å². The van der Waals surface area contributed by atoms with E-state index >= 15 is 0 Å². The highest BCUT2D eigenvalue weighted by atomic mass is 16.5. The quantitative estimate of drug-likeness (QED) is 0.425. The number of hydrogen-bond acceptors (Lipinski definition) is 3. The summed E-state index contributed by atoms with van der Waals surface area (Å²) in [6.45, 7) is 10.4. The Bertz CT molecular complexity index is 654. The average Bonchev–Trinajstić information content (AvgIpc) is 2.72. The maximum absolute atomic E-state index is 6.34. The molecule has 3 nitrogen and oxygen atoms in total. The van der Waals surface area contributed by atoms with Crippen molar-refractivity contribution >= 4 is 5.69 Å². The Morgan fingerprint density at radius 3 is 2.33 bits per heavy atom. The number of para-hydroxylation sites is 1. The minimum Gasteiger partial charge on any atom is -0.494 e. The Morgan fingerprint density at radius 1 is 0.926 bits per heavy atom. The van der Waals surface area contributed by atoms with E-state index in [0.29, 0.717) is 5.92 Å². The Morgan fingerprint density at radius 2 is 1.67 bits per heavy atom. The molecule has 0 fully saturated rings. The molecule has 0 bridgehead atoms. The molecule has 0 heterocycles. The molecule has 0 saturated heterocycles. The predicted molar refractivity (Wildman–Crippen MR) is 115 cm³/mol. The first kappa shape index (κ1) is 21.1. The summed E-state index contributed by atoms with van der Waals surface area (Å²) in [4.78, 5) is 0. The molecule has 0 aliphatic carbocycles. The summed E-state index contributed by atoms with van der Waals surface area (Å²) < 4.78 is 12.1. The van der Waals surface area contributed by atoms with Gasteiger partial charge >= 0.3 is 0 Å². The zero-order valence-corrected chi connectivity index (χ0v) is 17.3. The van der Waals surface area contributed by atoms with Crippen LogP contribution in [0, 0.1) is 0 Å². The Kier molecular flexibility index (Phi) is 9.03. The number of nitrogens with one attached hydrogen (secondary N) is 1. The summed E-state index contributed by atoms with van der Waals surface area (Å²) >= 11 is 0. The van der Waals surface area contributed by atoms with E-state index in [-0.39, 0.29) is 6.10 Å². The molecular weight excluding hydrogens is 334 g/mol. The summed E-state index contributed by atoms with van der Waals surface area (Å²) in [5, 5.41) is 3.49.